The van der Waals surface area contributed by atoms with E-state index in [9.17, 15) is 8.42 Å². The lowest BCUT2D eigenvalue weighted by atomic mass is 10.1. The van der Waals surface area contributed by atoms with Gasteiger partial charge in [0, 0.05) is 19.1 Å². The van der Waals surface area contributed by atoms with Crippen molar-refractivity contribution in [3.05, 3.63) is 0 Å². The smallest absolute Gasteiger partial charge is 0.214 e. The lowest BCUT2D eigenvalue weighted by Crippen LogP contribution is -2.45. The van der Waals surface area contributed by atoms with Crippen LogP contribution in [0.1, 0.15) is 46.5 Å². The standard InChI is InChI=1S/C13H28N2O2S/c1-4-11-18(16,17)15-9-6-13(7-10-15)14-8-5-12(2)3/h12-14H,4-11H2,1-3H3. The summed E-state index contributed by atoms with van der Waals surface area (Å²) in [6.07, 6.45) is 3.78. The average molecular weight is 276 g/mol. The minimum absolute atomic E-state index is 0.290. The summed E-state index contributed by atoms with van der Waals surface area (Å²) in [6, 6.07) is 0.497. The van der Waals surface area contributed by atoms with Gasteiger partial charge in [-0.15, -0.1) is 0 Å². The van der Waals surface area contributed by atoms with Crippen molar-refractivity contribution in [2.75, 3.05) is 25.4 Å². The highest BCUT2D eigenvalue weighted by Crippen LogP contribution is 2.15. The maximum absolute atomic E-state index is 11.9. The first-order valence-electron chi connectivity index (χ1n) is 7.17. The quantitative estimate of drug-likeness (QED) is 0.772. The molecule has 0 saturated carbocycles. The molecule has 1 N–H and O–H groups in total. The fourth-order valence-corrected chi connectivity index (χ4v) is 3.84. The van der Waals surface area contributed by atoms with Gasteiger partial charge in [0.15, 0.2) is 0 Å². The van der Waals surface area contributed by atoms with Crippen molar-refractivity contribution in [1.29, 1.82) is 0 Å². The number of piperidine rings is 1. The molecular weight excluding hydrogens is 248 g/mol. The van der Waals surface area contributed by atoms with E-state index >= 15 is 0 Å². The van der Waals surface area contributed by atoms with E-state index in [1.165, 1.54) is 6.42 Å². The van der Waals surface area contributed by atoms with Crippen LogP contribution in [0, 0.1) is 5.92 Å². The van der Waals surface area contributed by atoms with Crippen molar-refractivity contribution in [2.45, 2.75) is 52.5 Å². The second-order valence-corrected chi connectivity index (χ2v) is 7.71. The Bertz CT molecular complexity index is 320. The number of nitrogens with one attached hydrogen (secondary N) is 1. The van der Waals surface area contributed by atoms with Crippen LogP contribution in [0.15, 0.2) is 0 Å². The van der Waals surface area contributed by atoms with Crippen LogP contribution in [0.25, 0.3) is 0 Å². The first-order valence-corrected chi connectivity index (χ1v) is 8.77. The predicted octanol–water partition coefficient (Wildman–Crippen LogP) is 1.83. The zero-order chi connectivity index (χ0) is 13.6. The molecule has 0 amide bonds. The van der Waals surface area contributed by atoms with Crippen molar-refractivity contribution in [2.24, 2.45) is 5.92 Å². The summed E-state index contributed by atoms with van der Waals surface area (Å²) < 4.78 is 25.5. The van der Waals surface area contributed by atoms with Crippen molar-refractivity contribution >= 4 is 10.0 Å². The zero-order valence-electron chi connectivity index (χ0n) is 12.0. The Morgan fingerprint density at radius 2 is 1.89 bits per heavy atom. The third-order valence-electron chi connectivity index (χ3n) is 3.46. The van der Waals surface area contributed by atoms with Crippen molar-refractivity contribution < 1.29 is 8.42 Å². The van der Waals surface area contributed by atoms with Crippen LogP contribution in [-0.2, 0) is 10.0 Å². The highest BCUT2D eigenvalue weighted by atomic mass is 32.2. The second-order valence-electron chi connectivity index (χ2n) is 5.63. The van der Waals surface area contributed by atoms with E-state index in [1.807, 2.05) is 6.92 Å². The van der Waals surface area contributed by atoms with E-state index in [4.69, 9.17) is 0 Å². The third kappa shape index (κ3) is 5.24. The molecule has 108 valence electrons. The topological polar surface area (TPSA) is 49.4 Å². The summed E-state index contributed by atoms with van der Waals surface area (Å²) in [4.78, 5) is 0. The molecule has 18 heavy (non-hydrogen) atoms. The van der Waals surface area contributed by atoms with Crippen LogP contribution >= 0.6 is 0 Å². The van der Waals surface area contributed by atoms with E-state index in [2.05, 4.69) is 19.2 Å². The van der Waals surface area contributed by atoms with Gasteiger partial charge < -0.3 is 5.32 Å². The Kier molecular flexibility index (Phi) is 6.60. The largest absolute Gasteiger partial charge is 0.314 e. The first-order chi connectivity index (χ1) is 8.45. The van der Waals surface area contributed by atoms with Crippen molar-refractivity contribution in [3.8, 4) is 0 Å². The zero-order valence-corrected chi connectivity index (χ0v) is 12.8. The summed E-state index contributed by atoms with van der Waals surface area (Å²) in [5, 5.41) is 3.54. The van der Waals surface area contributed by atoms with Gasteiger partial charge in [-0.2, -0.15) is 0 Å². The second kappa shape index (κ2) is 7.46. The monoisotopic (exact) mass is 276 g/mol. The molecule has 5 heteroatoms. The molecule has 0 atom stereocenters. The molecule has 0 aromatic carbocycles. The number of hydrogen-bond acceptors (Lipinski definition) is 3. The molecule has 4 nitrogen and oxygen atoms in total. The van der Waals surface area contributed by atoms with Crippen molar-refractivity contribution in [3.63, 3.8) is 0 Å². The van der Waals surface area contributed by atoms with Gasteiger partial charge in [-0.05, 0) is 38.1 Å². The summed E-state index contributed by atoms with van der Waals surface area (Å²) in [7, 11) is -2.99. The fraction of sp³-hybridized carbons (Fsp3) is 1.00. The summed E-state index contributed by atoms with van der Waals surface area (Å²) in [5.41, 5.74) is 0. The summed E-state index contributed by atoms with van der Waals surface area (Å²) in [6.45, 7) is 8.77. The Morgan fingerprint density at radius 1 is 1.28 bits per heavy atom. The third-order valence-corrected chi connectivity index (χ3v) is 5.54. The van der Waals surface area contributed by atoms with E-state index in [0.29, 0.717) is 31.3 Å². The van der Waals surface area contributed by atoms with Crippen LogP contribution in [0.2, 0.25) is 0 Å². The van der Waals surface area contributed by atoms with Gasteiger partial charge in [-0.3, -0.25) is 0 Å². The highest BCUT2D eigenvalue weighted by molar-refractivity contribution is 7.89. The Labute approximate surface area is 112 Å². The van der Waals surface area contributed by atoms with Gasteiger partial charge in [0.2, 0.25) is 10.0 Å². The summed E-state index contributed by atoms with van der Waals surface area (Å²) in [5.74, 6) is 1.01. The molecule has 0 aromatic rings. The van der Waals surface area contributed by atoms with Gasteiger partial charge in [-0.25, -0.2) is 12.7 Å². The maximum Gasteiger partial charge on any atom is 0.214 e. The lowest BCUT2D eigenvalue weighted by Gasteiger charge is -2.31. The summed E-state index contributed by atoms with van der Waals surface area (Å²) >= 11 is 0. The van der Waals surface area contributed by atoms with Gasteiger partial charge in [0.1, 0.15) is 0 Å². The van der Waals surface area contributed by atoms with Gasteiger partial charge in [0.05, 0.1) is 5.75 Å². The molecule has 1 rings (SSSR count). The number of rotatable bonds is 7. The molecule has 1 aliphatic rings. The lowest BCUT2D eigenvalue weighted by molar-refractivity contribution is 0.286. The molecule has 0 radical (unpaired) electrons. The number of hydrogen-bond donors (Lipinski definition) is 1. The molecule has 1 saturated heterocycles. The Hall–Kier alpha value is -0.130. The molecular formula is C13H28N2O2S. The molecule has 0 aliphatic carbocycles. The number of nitrogens with zero attached hydrogens (tertiary/aromatic N) is 1. The van der Waals surface area contributed by atoms with Crippen molar-refractivity contribution in [1.82, 2.24) is 9.62 Å². The van der Waals surface area contributed by atoms with Gasteiger partial charge in [0.25, 0.3) is 0 Å². The van der Waals surface area contributed by atoms with E-state index < -0.39 is 10.0 Å². The molecule has 1 fully saturated rings. The van der Waals surface area contributed by atoms with Gasteiger partial charge in [-0.1, -0.05) is 20.8 Å². The highest BCUT2D eigenvalue weighted by Gasteiger charge is 2.26. The van der Waals surface area contributed by atoms with Crippen LogP contribution in [-0.4, -0.2) is 44.2 Å². The Balaban J connectivity index is 2.28. The number of sulfonamides is 1. The molecule has 0 bridgehead atoms. The molecule has 0 aromatic heterocycles. The van der Waals surface area contributed by atoms with Crippen LogP contribution in [0.4, 0.5) is 0 Å². The van der Waals surface area contributed by atoms with Crippen LogP contribution in [0.5, 0.6) is 0 Å². The van der Waals surface area contributed by atoms with E-state index in [-0.39, 0.29) is 0 Å². The molecule has 0 spiro atoms. The van der Waals surface area contributed by atoms with Gasteiger partial charge >= 0.3 is 0 Å². The minimum atomic E-state index is -2.99. The van der Waals surface area contributed by atoms with E-state index in [0.717, 1.165) is 25.3 Å². The first kappa shape index (κ1) is 15.9. The fourth-order valence-electron chi connectivity index (χ4n) is 2.30. The van der Waals surface area contributed by atoms with E-state index in [1.54, 1.807) is 4.31 Å². The maximum atomic E-state index is 11.9. The normalized spacial score (nSPS) is 19.6. The SMILES string of the molecule is CCCS(=O)(=O)N1CCC(NCCC(C)C)CC1. The molecule has 0 unspecified atom stereocenters. The van der Waals surface area contributed by atoms with Crippen LogP contribution < -0.4 is 5.32 Å². The molecule has 1 aliphatic heterocycles. The molecule has 1 heterocycles. The average Bonchev–Trinajstić information content (AvgIpc) is 2.29. The van der Waals surface area contributed by atoms with Crippen LogP contribution in [0.3, 0.4) is 0 Å². The minimum Gasteiger partial charge on any atom is -0.314 e. The Morgan fingerprint density at radius 3 is 2.39 bits per heavy atom. The predicted molar refractivity (Wildman–Crippen MR) is 76.1 cm³/mol.